The van der Waals surface area contributed by atoms with Gasteiger partial charge in [0.1, 0.15) is 0 Å². The fourth-order valence-electron chi connectivity index (χ4n) is 1.91. The van der Waals surface area contributed by atoms with Gasteiger partial charge < -0.3 is 10.1 Å². The number of halogens is 2. The highest BCUT2D eigenvalue weighted by Crippen LogP contribution is 2.25. The zero-order chi connectivity index (χ0) is 16.1. The molecule has 0 aromatic heterocycles. The first-order valence-electron chi connectivity index (χ1n) is 6.42. The first kappa shape index (κ1) is 16.3. The van der Waals surface area contributed by atoms with Crippen LogP contribution in [0.3, 0.4) is 0 Å². The molecule has 1 N–H and O–H groups in total. The van der Waals surface area contributed by atoms with Crippen molar-refractivity contribution < 1.29 is 14.3 Å². The van der Waals surface area contributed by atoms with E-state index in [0.29, 0.717) is 5.69 Å². The summed E-state index contributed by atoms with van der Waals surface area (Å²) in [5.74, 6) is -0.761. The summed E-state index contributed by atoms with van der Waals surface area (Å²) in [5, 5.41) is 3.26. The molecule has 0 aliphatic carbocycles. The molecule has 1 amide bonds. The summed E-state index contributed by atoms with van der Waals surface area (Å²) >= 11 is 12.0. The maximum atomic E-state index is 12.3. The maximum absolute atomic E-state index is 12.3. The Hall–Kier alpha value is -2.04. The predicted molar refractivity (Wildman–Crippen MR) is 86.6 cm³/mol. The minimum Gasteiger partial charge on any atom is -0.469 e. The molecule has 0 radical (unpaired) electrons. The Morgan fingerprint density at radius 1 is 1.09 bits per heavy atom. The molecule has 0 spiro atoms. The van der Waals surface area contributed by atoms with Gasteiger partial charge in [-0.2, -0.15) is 0 Å². The summed E-state index contributed by atoms with van der Waals surface area (Å²) in [6, 6.07) is 11.8. The van der Waals surface area contributed by atoms with Crippen LogP contribution in [0.15, 0.2) is 42.5 Å². The van der Waals surface area contributed by atoms with E-state index in [1.807, 2.05) is 0 Å². The van der Waals surface area contributed by atoms with Crippen LogP contribution in [0.4, 0.5) is 5.69 Å². The summed E-state index contributed by atoms with van der Waals surface area (Å²) < 4.78 is 4.61. The average Bonchev–Trinajstić information content (AvgIpc) is 2.47. The number of ether oxygens (including phenoxy) is 1. The normalized spacial score (nSPS) is 10.1. The van der Waals surface area contributed by atoms with Crippen molar-refractivity contribution in [2.24, 2.45) is 0 Å². The molecule has 0 saturated heterocycles. The zero-order valence-electron chi connectivity index (χ0n) is 11.7. The first-order valence-corrected chi connectivity index (χ1v) is 7.18. The van der Waals surface area contributed by atoms with E-state index in [2.05, 4.69) is 10.1 Å². The fraction of sp³-hybridized carbons (Fsp3) is 0.125. The molecular weight excluding hydrogens is 325 g/mol. The molecule has 22 heavy (non-hydrogen) atoms. The lowest BCUT2D eigenvalue weighted by Crippen LogP contribution is -2.13. The topological polar surface area (TPSA) is 55.4 Å². The van der Waals surface area contributed by atoms with Gasteiger partial charge in [-0.25, -0.2) is 0 Å². The summed E-state index contributed by atoms with van der Waals surface area (Å²) in [6.45, 7) is 0. The quantitative estimate of drug-likeness (QED) is 0.859. The second-order valence-corrected chi connectivity index (χ2v) is 5.32. The molecule has 0 aliphatic heterocycles. The highest BCUT2D eigenvalue weighted by atomic mass is 35.5. The van der Waals surface area contributed by atoms with E-state index in [-0.39, 0.29) is 28.0 Å². The van der Waals surface area contributed by atoms with Gasteiger partial charge in [-0.1, -0.05) is 41.4 Å². The monoisotopic (exact) mass is 337 g/mol. The van der Waals surface area contributed by atoms with Gasteiger partial charge in [-0.3, -0.25) is 9.59 Å². The van der Waals surface area contributed by atoms with Crippen molar-refractivity contribution in [2.75, 3.05) is 12.4 Å². The number of nitrogens with one attached hydrogen (secondary N) is 1. The highest BCUT2D eigenvalue weighted by molar-refractivity contribution is 6.40. The van der Waals surface area contributed by atoms with Gasteiger partial charge in [0.15, 0.2) is 0 Å². The molecule has 0 unspecified atom stereocenters. The molecule has 0 bridgehead atoms. The molecule has 0 heterocycles. The van der Waals surface area contributed by atoms with Crippen molar-refractivity contribution in [3.63, 3.8) is 0 Å². The van der Waals surface area contributed by atoms with Crippen molar-refractivity contribution in [1.82, 2.24) is 0 Å². The van der Waals surface area contributed by atoms with Gasteiger partial charge in [-0.05, 0) is 29.8 Å². The molecule has 4 nitrogen and oxygen atoms in total. The van der Waals surface area contributed by atoms with Crippen molar-refractivity contribution in [3.05, 3.63) is 63.6 Å². The minimum absolute atomic E-state index is 0.132. The highest BCUT2D eigenvalue weighted by Gasteiger charge is 2.15. The van der Waals surface area contributed by atoms with E-state index >= 15 is 0 Å². The fourth-order valence-corrected chi connectivity index (χ4v) is 2.48. The number of esters is 1. The van der Waals surface area contributed by atoms with Gasteiger partial charge >= 0.3 is 5.97 Å². The number of methoxy groups -OCH3 is 1. The summed E-state index contributed by atoms with van der Waals surface area (Å²) in [5.41, 5.74) is 1.49. The molecule has 0 fully saturated rings. The van der Waals surface area contributed by atoms with Gasteiger partial charge in [-0.15, -0.1) is 0 Å². The maximum Gasteiger partial charge on any atom is 0.309 e. The number of anilines is 1. The molecule has 0 saturated carbocycles. The largest absolute Gasteiger partial charge is 0.469 e. The number of hydrogen-bond donors (Lipinski definition) is 1. The molecule has 6 heteroatoms. The molecule has 0 aliphatic rings. The Kier molecular flexibility index (Phi) is 5.41. The second kappa shape index (κ2) is 7.29. The smallest absolute Gasteiger partial charge is 0.309 e. The van der Waals surface area contributed by atoms with Crippen molar-refractivity contribution in [3.8, 4) is 0 Å². The Bertz CT molecular complexity index is 696. The third-order valence-electron chi connectivity index (χ3n) is 2.95. The number of carbonyl (C=O) groups is 2. The van der Waals surface area contributed by atoms with Crippen LogP contribution < -0.4 is 5.32 Å². The van der Waals surface area contributed by atoms with E-state index in [0.717, 1.165) is 5.56 Å². The van der Waals surface area contributed by atoms with Crippen LogP contribution in [0.2, 0.25) is 10.0 Å². The summed E-state index contributed by atoms with van der Waals surface area (Å²) in [6.07, 6.45) is 0.132. The van der Waals surface area contributed by atoms with Crippen molar-refractivity contribution >= 4 is 40.8 Å². The lowest BCUT2D eigenvalue weighted by Gasteiger charge is -2.09. The van der Waals surface area contributed by atoms with Gasteiger partial charge in [0.05, 0.1) is 29.1 Å². The zero-order valence-corrected chi connectivity index (χ0v) is 13.2. The lowest BCUT2D eigenvalue weighted by atomic mass is 10.1. The van der Waals surface area contributed by atoms with Crippen LogP contribution >= 0.6 is 23.2 Å². The Balaban J connectivity index is 2.18. The number of carbonyl (C=O) groups excluding carboxylic acids is 2. The van der Waals surface area contributed by atoms with E-state index in [9.17, 15) is 9.59 Å². The van der Waals surface area contributed by atoms with E-state index in [4.69, 9.17) is 23.2 Å². The molecule has 2 aromatic carbocycles. The van der Waals surface area contributed by atoms with E-state index in [1.165, 1.54) is 7.11 Å². The third-order valence-corrected chi connectivity index (χ3v) is 3.58. The number of rotatable bonds is 4. The molecular formula is C16H13Cl2NO3. The van der Waals surface area contributed by atoms with Crippen molar-refractivity contribution in [2.45, 2.75) is 6.42 Å². The van der Waals surface area contributed by atoms with Gasteiger partial charge in [0.25, 0.3) is 5.91 Å². The SMILES string of the molecule is COC(=O)Cc1cccc(NC(=O)c2c(Cl)cccc2Cl)c1. The first-order chi connectivity index (χ1) is 10.5. The number of amides is 1. The molecule has 114 valence electrons. The van der Waals surface area contributed by atoms with E-state index in [1.54, 1.807) is 42.5 Å². The Labute approximate surface area is 138 Å². The van der Waals surface area contributed by atoms with Crippen LogP contribution in [-0.4, -0.2) is 19.0 Å². The molecule has 2 rings (SSSR count). The Morgan fingerprint density at radius 2 is 1.73 bits per heavy atom. The van der Waals surface area contributed by atoms with Crippen LogP contribution in [-0.2, 0) is 16.0 Å². The average molecular weight is 338 g/mol. The summed E-state index contributed by atoms with van der Waals surface area (Å²) in [7, 11) is 1.33. The predicted octanol–water partition coefficient (Wildman–Crippen LogP) is 3.96. The number of benzene rings is 2. The van der Waals surface area contributed by atoms with Gasteiger partial charge in [0.2, 0.25) is 0 Å². The number of hydrogen-bond acceptors (Lipinski definition) is 3. The molecule has 0 atom stereocenters. The van der Waals surface area contributed by atoms with Gasteiger partial charge in [0, 0.05) is 5.69 Å². The molecule has 2 aromatic rings. The third kappa shape index (κ3) is 4.00. The minimum atomic E-state index is -0.411. The van der Waals surface area contributed by atoms with E-state index < -0.39 is 5.91 Å². The van der Waals surface area contributed by atoms with Crippen LogP contribution in [0.25, 0.3) is 0 Å². The van der Waals surface area contributed by atoms with Crippen molar-refractivity contribution in [1.29, 1.82) is 0 Å². The van der Waals surface area contributed by atoms with Crippen LogP contribution in [0, 0.1) is 0 Å². The van der Waals surface area contributed by atoms with Crippen LogP contribution in [0.5, 0.6) is 0 Å². The second-order valence-electron chi connectivity index (χ2n) is 4.50. The van der Waals surface area contributed by atoms with Crippen LogP contribution in [0.1, 0.15) is 15.9 Å². The summed E-state index contributed by atoms with van der Waals surface area (Å²) in [4.78, 5) is 23.6. The Morgan fingerprint density at radius 3 is 2.36 bits per heavy atom. The lowest BCUT2D eigenvalue weighted by molar-refractivity contribution is -0.139. The standard InChI is InChI=1S/C16H13Cl2NO3/c1-22-14(20)9-10-4-2-5-11(8-10)19-16(21)15-12(17)6-3-7-13(15)18/h2-8H,9H2,1H3,(H,19,21).